The molecule has 7 N–H and O–H groups in total. The number of aliphatic carboxylic acids is 1. The van der Waals surface area contributed by atoms with Crippen LogP contribution in [0.5, 0.6) is 5.75 Å². The number of carbonyl (C=O) groups is 2. The number of aliphatic hydroxyl groups is 5. The van der Waals surface area contributed by atoms with E-state index < -0.39 is 61.8 Å². The van der Waals surface area contributed by atoms with Crippen LogP contribution < -0.4 is 0 Å². The van der Waals surface area contributed by atoms with E-state index in [1.807, 2.05) is 0 Å². The van der Waals surface area contributed by atoms with Gasteiger partial charge >= 0.3 is 11.9 Å². The van der Waals surface area contributed by atoms with Crippen LogP contribution in [0.4, 0.5) is 0 Å². The molecule has 3 aliphatic rings. The van der Waals surface area contributed by atoms with Crippen LogP contribution in [-0.4, -0.2) is 91.1 Å². The van der Waals surface area contributed by atoms with Crippen LogP contribution in [0.1, 0.15) is 12.0 Å². The van der Waals surface area contributed by atoms with Gasteiger partial charge in [0.1, 0.15) is 60.8 Å². The Balaban J connectivity index is 1.62. The lowest BCUT2D eigenvalue weighted by Crippen LogP contribution is -2.59. The molecule has 6 unspecified atom stereocenters. The van der Waals surface area contributed by atoms with Gasteiger partial charge in [0.2, 0.25) is 6.29 Å². The summed E-state index contributed by atoms with van der Waals surface area (Å²) in [5, 5.41) is 69.6. The van der Waals surface area contributed by atoms with Crippen molar-refractivity contribution in [1.82, 2.24) is 0 Å². The number of ether oxygens (including phenoxy) is 4. The highest BCUT2D eigenvalue weighted by atomic mass is 16.7. The van der Waals surface area contributed by atoms with Crippen molar-refractivity contribution in [2.24, 2.45) is 0 Å². The number of aromatic hydroxyl groups is 1. The van der Waals surface area contributed by atoms with Crippen LogP contribution in [-0.2, 0) is 28.5 Å². The van der Waals surface area contributed by atoms with Gasteiger partial charge in [0, 0.05) is 23.3 Å². The summed E-state index contributed by atoms with van der Waals surface area (Å²) in [5.74, 6) is -3.14. The van der Waals surface area contributed by atoms with E-state index in [0.717, 1.165) is 6.08 Å². The standard InChI is InChI=1S/C24H24O13/c25-11-3-1-10(2-4-11)23-16(7-13-14(27)5-12(26)6-15(13)35-23)36-24-22(33)21(32)20(31)17(37-24)9-34-19(30)8-18(28)29/h1-7,15,17,20-22,24-27,31-33H,8-9H2,(H,28,29). The summed E-state index contributed by atoms with van der Waals surface area (Å²) in [4.78, 5) is 22.2. The van der Waals surface area contributed by atoms with Crippen molar-refractivity contribution in [2.75, 3.05) is 6.61 Å². The number of hydrogen-bond donors (Lipinski definition) is 7. The van der Waals surface area contributed by atoms with Crippen LogP contribution in [0.25, 0.3) is 5.76 Å². The molecule has 4 rings (SSSR count). The smallest absolute Gasteiger partial charge is 0.317 e. The number of rotatable bonds is 7. The fourth-order valence-corrected chi connectivity index (χ4v) is 3.84. The van der Waals surface area contributed by atoms with Crippen molar-refractivity contribution >= 4 is 17.7 Å². The van der Waals surface area contributed by atoms with Crippen molar-refractivity contribution in [3.63, 3.8) is 0 Å². The molecule has 13 heteroatoms. The molecular weight excluding hydrogens is 496 g/mol. The highest BCUT2D eigenvalue weighted by Gasteiger charge is 2.46. The summed E-state index contributed by atoms with van der Waals surface area (Å²) in [6, 6.07) is 5.75. The van der Waals surface area contributed by atoms with Crippen LogP contribution in [0.15, 0.2) is 65.3 Å². The van der Waals surface area contributed by atoms with Gasteiger partial charge in [-0.3, -0.25) is 9.59 Å². The molecular formula is C24H24O13. The third-order valence-corrected chi connectivity index (χ3v) is 5.71. The summed E-state index contributed by atoms with van der Waals surface area (Å²) in [5.41, 5.74) is 0.593. The number of phenolic OH excluding ortho intramolecular Hbond substituents is 1. The number of esters is 1. The van der Waals surface area contributed by atoms with Crippen LogP contribution >= 0.6 is 0 Å². The second kappa shape index (κ2) is 10.5. The normalized spacial score (nSPS) is 29.2. The molecule has 0 radical (unpaired) electrons. The number of carboxylic acid groups (broad SMARTS) is 1. The van der Waals surface area contributed by atoms with Crippen molar-refractivity contribution in [3.8, 4) is 5.75 Å². The number of aliphatic hydroxyl groups excluding tert-OH is 5. The van der Waals surface area contributed by atoms with E-state index >= 15 is 0 Å². The first-order valence-corrected chi connectivity index (χ1v) is 11.0. The van der Waals surface area contributed by atoms with E-state index in [0.29, 0.717) is 5.56 Å². The van der Waals surface area contributed by atoms with Gasteiger partial charge < -0.3 is 54.7 Å². The van der Waals surface area contributed by atoms with E-state index in [2.05, 4.69) is 0 Å². The molecule has 1 fully saturated rings. The highest BCUT2D eigenvalue weighted by Crippen LogP contribution is 2.38. The average Bonchev–Trinajstić information content (AvgIpc) is 2.83. The molecule has 6 atom stereocenters. The number of carbonyl (C=O) groups excluding carboxylic acids is 1. The summed E-state index contributed by atoms with van der Waals surface area (Å²) >= 11 is 0. The molecule has 1 aromatic carbocycles. The number of hydrogen-bond acceptors (Lipinski definition) is 12. The lowest BCUT2D eigenvalue weighted by molar-refractivity contribution is -0.291. The Morgan fingerprint density at radius 2 is 1.65 bits per heavy atom. The van der Waals surface area contributed by atoms with Crippen molar-refractivity contribution < 1.29 is 64.3 Å². The van der Waals surface area contributed by atoms with Gasteiger partial charge in [-0.05, 0) is 30.3 Å². The third kappa shape index (κ3) is 5.70. The Morgan fingerprint density at radius 1 is 0.946 bits per heavy atom. The molecule has 37 heavy (non-hydrogen) atoms. The first-order valence-electron chi connectivity index (χ1n) is 11.0. The maximum Gasteiger partial charge on any atom is 0.317 e. The van der Waals surface area contributed by atoms with Crippen molar-refractivity contribution in [2.45, 2.75) is 43.2 Å². The second-order valence-corrected chi connectivity index (χ2v) is 8.39. The topological polar surface area (TPSA) is 213 Å². The zero-order valence-electron chi connectivity index (χ0n) is 19.0. The van der Waals surface area contributed by atoms with Gasteiger partial charge in [-0.15, -0.1) is 0 Å². The van der Waals surface area contributed by atoms with Gasteiger partial charge in [0.05, 0.1) is 0 Å². The summed E-state index contributed by atoms with van der Waals surface area (Å²) in [7, 11) is 0. The molecule has 198 valence electrons. The van der Waals surface area contributed by atoms with E-state index in [1.54, 1.807) is 0 Å². The van der Waals surface area contributed by atoms with Crippen molar-refractivity contribution in [1.29, 1.82) is 0 Å². The largest absolute Gasteiger partial charge is 0.508 e. The number of fused-ring (bicyclic) bond motifs is 1. The molecule has 2 aliphatic heterocycles. The average molecular weight is 520 g/mol. The molecule has 1 saturated heterocycles. The monoisotopic (exact) mass is 520 g/mol. The Morgan fingerprint density at radius 3 is 2.32 bits per heavy atom. The molecule has 0 spiro atoms. The van der Waals surface area contributed by atoms with Crippen LogP contribution in [0.2, 0.25) is 0 Å². The fourth-order valence-electron chi connectivity index (χ4n) is 3.84. The number of phenols is 1. The summed E-state index contributed by atoms with van der Waals surface area (Å²) < 4.78 is 22.0. The zero-order chi connectivity index (χ0) is 26.9. The minimum Gasteiger partial charge on any atom is -0.508 e. The maximum atomic E-state index is 11.6. The summed E-state index contributed by atoms with van der Waals surface area (Å²) in [6.45, 7) is -0.645. The fraction of sp³-hybridized carbons (Fsp3) is 0.333. The molecule has 0 aromatic heterocycles. The number of carboxylic acids is 1. The zero-order valence-corrected chi connectivity index (χ0v) is 19.0. The predicted molar refractivity (Wildman–Crippen MR) is 120 cm³/mol. The molecule has 1 aromatic rings. The predicted octanol–water partition coefficient (Wildman–Crippen LogP) is 0.126. The van der Waals surface area contributed by atoms with E-state index in [-0.39, 0.29) is 34.4 Å². The van der Waals surface area contributed by atoms with Crippen molar-refractivity contribution in [3.05, 3.63) is 70.9 Å². The lowest BCUT2D eigenvalue weighted by Gasteiger charge is -2.40. The van der Waals surface area contributed by atoms with E-state index in [9.17, 15) is 40.2 Å². The molecule has 13 nitrogen and oxygen atoms in total. The second-order valence-electron chi connectivity index (χ2n) is 8.39. The van der Waals surface area contributed by atoms with E-state index in [4.69, 9.17) is 24.1 Å². The number of allylic oxidation sites excluding steroid dienone is 2. The third-order valence-electron chi connectivity index (χ3n) is 5.71. The van der Waals surface area contributed by atoms with Gasteiger partial charge in [0.15, 0.2) is 11.5 Å². The first kappa shape index (κ1) is 26.0. The minimum atomic E-state index is -1.80. The molecule has 2 heterocycles. The van der Waals surface area contributed by atoms with Gasteiger partial charge in [-0.25, -0.2) is 0 Å². The van der Waals surface area contributed by atoms with Crippen LogP contribution in [0, 0.1) is 0 Å². The summed E-state index contributed by atoms with van der Waals surface area (Å²) in [6.07, 6.45) is -6.39. The SMILES string of the molecule is O=C(O)CC(=O)OCC1OC(OC2=C(c3ccc(O)cc3)OC3C=C(O)C=C(O)C3=C2)C(O)C(O)C1O. The van der Waals surface area contributed by atoms with Gasteiger partial charge in [0.25, 0.3) is 0 Å². The Hall–Kier alpha value is -4.04. The lowest BCUT2D eigenvalue weighted by atomic mass is 9.97. The first-order chi connectivity index (χ1) is 17.5. The number of benzene rings is 1. The molecule has 0 bridgehead atoms. The Bertz CT molecular complexity index is 1180. The molecule has 0 amide bonds. The van der Waals surface area contributed by atoms with Crippen LogP contribution in [0.3, 0.4) is 0 Å². The Kier molecular flexibility index (Phi) is 7.40. The molecule has 1 aliphatic carbocycles. The minimum absolute atomic E-state index is 0.0296. The van der Waals surface area contributed by atoms with Gasteiger partial charge in [-0.2, -0.15) is 0 Å². The van der Waals surface area contributed by atoms with E-state index in [1.165, 1.54) is 36.4 Å². The highest BCUT2D eigenvalue weighted by molar-refractivity contribution is 5.90. The quantitative estimate of drug-likeness (QED) is 0.188. The maximum absolute atomic E-state index is 11.6. The molecule has 0 saturated carbocycles. The Labute approximate surface area is 209 Å². The van der Waals surface area contributed by atoms with Gasteiger partial charge in [-0.1, -0.05) is 0 Å².